The summed E-state index contributed by atoms with van der Waals surface area (Å²) >= 11 is 6.89. The molecule has 1 aliphatic carbocycles. The molecule has 0 spiro atoms. The Hall–Kier alpha value is -2.19. The molecule has 2 atom stereocenters. The Bertz CT molecular complexity index is 1200. The summed E-state index contributed by atoms with van der Waals surface area (Å²) < 4.78 is 2.20. The van der Waals surface area contributed by atoms with E-state index in [9.17, 15) is 9.59 Å². The summed E-state index contributed by atoms with van der Waals surface area (Å²) in [5, 5.41) is 0. The molecule has 0 bridgehead atoms. The molecule has 5 rings (SSSR count). The van der Waals surface area contributed by atoms with Crippen LogP contribution in [0.1, 0.15) is 57.1 Å². The van der Waals surface area contributed by atoms with Gasteiger partial charge in [-0.15, -0.1) is 0 Å². The first-order chi connectivity index (χ1) is 15.8. The van der Waals surface area contributed by atoms with Gasteiger partial charge in [-0.25, -0.2) is 4.98 Å². The van der Waals surface area contributed by atoms with Gasteiger partial charge in [0.15, 0.2) is 0 Å². The molecule has 2 aromatic heterocycles. The lowest BCUT2D eigenvalue weighted by Crippen LogP contribution is -2.40. The largest absolute Gasteiger partial charge is 0.355 e. The van der Waals surface area contributed by atoms with Gasteiger partial charge >= 0.3 is 0 Å². The van der Waals surface area contributed by atoms with E-state index in [-0.39, 0.29) is 17.5 Å². The molecule has 1 saturated carbocycles. The van der Waals surface area contributed by atoms with Crippen molar-refractivity contribution in [1.82, 2.24) is 14.3 Å². The highest BCUT2D eigenvalue weighted by Gasteiger charge is 2.38. The summed E-state index contributed by atoms with van der Waals surface area (Å²) in [6, 6.07) is 4.05. The van der Waals surface area contributed by atoms with Crippen LogP contribution in [0.25, 0.3) is 11.7 Å². The molecule has 3 fully saturated rings. The van der Waals surface area contributed by atoms with E-state index in [0.29, 0.717) is 38.1 Å². The number of anilines is 1. The molecule has 2 aromatic rings. The number of carbonyl (C=O) groups is 1. The summed E-state index contributed by atoms with van der Waals surface area (Å²) in [6.45, 7) is 8.14. The molecule has 2 aliphatic heterocycles. The summed E-state index contributed by atoms with van der Waals surface area (Å²) in [6.07, 6.45) is 8.98. The zero-order valence-corrected chi connectivity index (χ0v) is 21.0. The van der Waals surface area contributed by atoms with Gasteiger partial charge in [-0.2, -0.15) is 0 Å². The third-order valence-corrected chi connectivity index (χ3v) is 8.27. The average Bonchev–Trinajstić information content (AvgIpc) is 3.37. The lowest BCUT2D eigenvalue weighted by molar-refractivity contribution is -0.123. The van der Waals surface area contributed by atoms with E-state index in [1.807, 2.05) is 25.3 Å². The van der Waals surface area contributed by atoms with Crippen molar-refractivity contribution in [2.45, 2.75) is 58.9 Å². The zero-order valence-electron chi connectivity index (χ0n) is 19.4. The standard InChI is InChI=1S/C25H30N4O2S2/c1-15-8-9-21-26-22(27-12-16(2)10-17(3)13-27)19(23(30)28(21)14-15)11-20-24(31)29(25(32)33-20)18-6-4-5-7-18/h8-9,11,14,16-18H,4-7,10,12-13H2,1-3H3/b20-11+/t16-,17+. The van der Waals surface area contributed by atoms with Gasteiger partial charge in [0.1, 0.15) is 15.8 Å². The van der Waals surface area contributed by atoms with Crippen molar-refractivity contribution in [3.8, 4) is 0 Å². The third-order valence-electron chi connectivity index (χ3n) is 6.94. The normalized spacial score (nSPS) is 25.7. The third kappa shape index (κ3) is 4.23. The lowest BCUT2D eigenvalue weighted by atomic mass is 9.91. The van der Waals surface area contributed by atoms with Crippen LogP contribution >= 0.6 is 24.0 Å². The highest BCUT2D eigenvalue weighted by Crippen LogP contribution is 2.38. The van der Waals surface area contributed by atoms with E-state index < -0.39 is 0 Å². The van der Waals surface area contributed by atoms with Gasteiger partial charge in [-0.1, -0.05) is 56.7 Å². The fourth-order valence-electron chi connectivity index (χ4n) is 5.54. The SMILES string of the molecule is Cc1ccc2nc(N3C[C@H](C)C[C@H](C)C3)c(/C=C3/SC(=S)N(C4CCCC4)C3=O)c(=O)n2c1. The first kappa shape index (κ1) is 22.6. The van der Waals surface area contributed by atoms with Crippen LogP contribution in [0, 0.1) is 18.8 Å². The number of hydrogen-bond acceptors (Lipinski definition) is 6. The lowest BCUT2D eigenvalue weighted by Gasteiger charge is -2.36. The number of thiocarbonyl (C=S) groups is 1. The molecule has 0 radical (unpaired) electrons. The number of piperidine rings is 1. The van der Waals surface area contributed by atoms with Crippen LogP contribution in [-0.2, 0) is 4.79 Å². The molecule has 0 unspecified atom stereocenters. The molecule has 4 heterocycles. The number of carbonyl (C=O) groups excluding carboxylic acids is 1. The maximum Gasteiger partial charge on any atom is 0.267 e. The Balaban J connectivity index is 1.63. The van der Waals surface area contributed by atoms with Crippen molar-refractivity contribution >= 4 is 51.7 Å². The minimum Gasteiger partial charge on any atom is -0.355 e. The smallest absolute Gasteiger partial charge is 0.267 e. The van der Waals surface area contributed by atoms with Crippen molar-refractivity contribution in [2.24, 2.45) is 11.8 Å². The molecule has 1 amide bonds. The second-order valence-corrected chi connectivity index (χ2v) is 11.6. The van der Waals surface area contributed by atoms with Gasteiger partial charge in [-0.3, -0.25) is 18.9 Å². The second-order valence-electron chi connectivity index (χ2n) is 9.93. The van der Waals surface area contributed by atoms with E-state index in [0.717, 1.165) is 50.8 Å². The van der Waals surface area contributed by atoms with E-state index in [4.69, 9.17) is 17.2 Å². The summed E-state index contributed by atoms with van der Waals surface area (Å²) in [4.78, 5) is 36.5. The molecule has 2 saturated heterocycles. The molecule has 6 nitrogen and oxygen atoms in total. The fourth-order valence-corrected chi connectivity index (χ4v) is 6.92. The van der Waals surface area contributed by atoms with Crippen molar-refractivity contribution in [1.29, 1.82) is 0 Å². The van der Waals surface area contributed by atoms with Gasteiger partial charge in [0.25, 0.3) is 11.5 Å². The van der Waals surface area contributed by atoms with Crippen molar-refractivity contribution in [2.75, 3.05) is 18.0 Å². The predicted molar refractivity (Wildman–Crippen MR) is 139 cm³/mol. The van der Waals surface area contributed by atoms with E-state index >= 15 is 0 Å². The van der Waals surface area contributed by atoms with E-state index in [1.54, 1.807) is 15.4 Å². The first-order valence-corrected chi connectivity index (χ1v) is 13.1. The molecule has 0 aromatic carbocycles. The minimum atomic E-state index is -0.143. The van der Waals surface area contributed by atoms with E-state index in [1.165, 1.54) is 11.8 Å². The molecule has 0 N–H and O–H groups in total. The quantitative estimate of drug-likeness (QED) is 0.470. The van der Waals surface area contributed by atoms with Gasteiger partial charge < -0.3 is 4.90 Å². The van der Waals surface area contributed by atoms with Crippen molar-refractivity contribution < 1.29 is 4.79 Å². The number of rotatable bonds is 3. The predicted octanol–water partition coefficient (Wildman–Crippen LogP) is 4.63. The number of amides is 1. The Morgan fingerprint density at radius 1 is 1.12 bits per heavy atom. The van der Waals surface area contributed by atoms with Crippen LogP contribution in [0.15, 0.2) is 28.0 Å². The monoisotopic (exact) mass is 482 g/mol. The molecule has 33 heavy (non-hydrogen) atoms. The molecular weight excluding hydrogens is 452 g/mol. The van der Waals surface area contributed by atoms with Gasteiger partial charge in [0, 0.05) is 25.3 Å². The Morgan fingerprint density at radius 2 is 1.82 bits per heavy atom. The highest BCUT2D eigenvalue weighted by molar-refractivity contribution is 8.26. The fraction of sp³-hybridized carbons (Fsp3) is 0.520. The summed E-state index contributed by atoms with van der Waals surface area (Å²) in [7, 11) is 0. The van der Waals surface area contributed by atoms with Crippen LogP contribution in [0.5, 0.6) is 0 Å². The molecular formula is C25H30N4O2S2. The second kappa shape index (κ2) is 8.87. The number of aryl methyl sites for hydroxylation is 1. The van der Waals surface area contributed by atoms with Gasteiger partial charge in [0.2, 0.25) is 0 Å². The van der Waals surface area contributed by atoms with Crippen LogP contribution < -0.4 is 10.5 Å². The van der Waals surface area contributed by atoms with Gasteiger partial charge in [0.05, 0.1) is 10.5 Å². The van der Waals surface area contributed by atoms with Crippen molar-refractivity contribution in [3.05, 3.63) is 44.7 Å². The topological polar surface area (TPSA) is 57.9 Å². The first-order valence-electron chi connectivity index (χ1n) is 11.9. The number of nitrogens with zero attached hydrogens (tertiary/aromatic N) is 4. The minimum absolute atomic E-state index is 0.0723. The van der Waals surface area contributed by atoms with E-state index in [2.05, 4.69) is 18.7 Å². The number of thioether (sulfide) groups is 1. The van der Waals surface area contributed by atoms with Crippen LogP contribution in [0.2, 0.25) is 0 Å². The highest BCUT2D eigenvalue weighted by atomic mass is 32.2. The molecule has 174 valence electrons. The van der Waals surface area contributed by atoms with Crippen LogP contribution in [0.4, 0.5) is 5.82 Å². The molecule has 8 heteroatoms. The Morgan fingerprint density at radius 3 is 2.52 bits per heavy atom. The van der Waals surface area contributed by atoms with Crippen LogP contribution in [0.3, 0.4) is 0 Å². The number of fused-ring (bicyclic) bond motifs is 1. The zero-order chi connectivity index (χ0) is 23.3. The summed E-state index contributed by atoms with van der Waals surface area (Å²) in [5.74, 6) is 1.63. The maximum atomic E-state index is 13.7. The number of aromatic nitrogens is 2. The number of hydrogen-bond donors (Lipinski definition) is 0. The van der Waals surface area contributed by atoms with Crippen LogP contribution in [-0.4, -0.2) is 43.6 Å². The Labute approximate surface area is 204 Å². The van der Waals surface area contributed by atoms with Crippen molar-refractivity contribution in [3.63, 3.8) is 0 Å². The maximum absolute atomic E-state index is 13.7. The Kier molecular flexibility index (Phi) is 6.07. The number of pyridine rings is 1. The van der Waals surface area contributed by atoms with Gasteiger partial charge in [-0.05, 0) is 55.7 Å². The molecule has 3 aliphatic rings. The average molecular weight is 483 g/mol. The summed E-state index contributed by atoms with van der Waals surface area (Å²) in [5.41, 5.74) is 1.95.